The van der Waals surface area contributed by atoms with Crippen molar-refractivity contribution in [3.8, 4) is 11.5 Å². The Labute approximate surface area is 161 Å². The van der Waals surface area contributed by atoms with E-state index in [2.05, 4.69) is 9.46 Å². The molecule has 0 spiro atoms. The first kappa shape index (κ1) is 21.4. The zero-order chi connectivity index (χ0) is 20.7. The van der Waals surface area contributed by atoms with Gasteiger partial charge in [0.05, 0.1) is 17.2 Å². The molecule has 0 bridgehead atoms. The number of halogens is 2. The molecule has 2 N–H and O–H groups in total. The number of nitrogens with one attached hydrogen (secondary N) is 1. The highest BCUT2D eigenvalue weighted by Gasteiger charge is 2.19. The Hall–Kier alpha value is -2.88. The number of anilines is 1. The van der Waals surface area contributed by atoms with Crippen LogP contribution in [-0.4, -0.2) is 32.7 Å². The smallest absolute Gasteiger partial charge is 0.387 e. The van der Waals surface area contributed by atoms with Crippen LogP contribution in [0, 0.1) is 6.92 Å². The van der Waals surface area contributed by atoms with Crippen molar-refractivity contribution in [1.29, 1.82) is 0 Å². The molecule has 0 atom stereocenters. The maximum Gasteiger partial charge on any atom is 0.387 e. The molecule has 0 saturated carbocycles. The molecule has 0 saturated heterocycles. The Kier molecular flexibility index (Phi) is 7.16. The third kappa shape index (κ3) is 6.08. The van der Waals surface area contributed by atoms with Gasteiger partial charge in [0.2, 0.25) is 0 Å². The fourth-order valence-corrected chi connectivity index (χ4v) is 3.47. The van der Waals surface area contributed by atoms with Gasteiger partial charge >= 0.3 is 12.6 Å². The largest absolute Gasteiger partial charge is 0.493 e. The van der Waals surface area contributed by atoms with Gasteiger partial charge < -0.3 is 14.6 Å². The molecule has 0 aromatic heterocycles. The van der Waals surface area contributed by atoms with Crippen LogP contribution in [0.15, 0.2) is 47.4 Å². The Bertz CT molecular complexity index is 933. The average molecular weight is 415 g/mol. The summed E-state index contributed by atoms with van der Waals surface area (Å²) < 4.78 is 62.1. The lowest BCUT2D eigenvalue weighted by Crippen LogP contribution is -2.15. The summed E-state index contributed by atoms with van der Waals surface area (Å²) in [7, 11) is -4.06. The third-order valence-electron chi connectivity index (χ3n) is 3.60. The number of carboxylic acid groups (broad SMARTS) is 1. The molecule has 0 heterocycles. The van der Waals surface area contributed by atoms with Crippen LogP contribution in [0.2, 0.25) is 0 Å². The van der Waals surface area contributed by atoms with Crippen LogP contribution in [-0.2, 0) is 14.8 Å². The molecule has 0 unspecified atom stereocenters. The Morgan fingerprint density at radius 3 is 2.54 bits per heavy atom. The molecule has 10 heteroatoms. The van der Waals surface area contributed by atoms with E-state index in [0.29, 0.717) is 17.7 Å². The van der Waals surface area contributed by atoms with E-state index in [0.717, 1.165) is 0 Å². The van der Waals surface area contributed by atoms with Crippen molar-refractivity contribution in [3.63, 3.8) is 0 Å². The summed E-state index contributed by atoms with van der Waals surface area (Å²) in [5, 5.41) is 8.60. The summed E-state index contributed by atoms with van der Waals surface area (Å²) in [6.45, 7) is -1.28. The fraction of sp³-hybridized carbons (Fsp3) is 0.278. The lowest BCUT2D eigenvalue weighted by atomic mass is 10.2. The fourth-order valence-electron chi connectivity index (χ4n) is 2.31. The van der Waals surface area contributed by atoms with Crippen molar-refractivity contribution >= 4 is 21.7 Å². The number of benzene rings is 2. The molecule has 152 valence electrons. The normalized spacial score (nSPS) is 11.3. The molecule has 0 amide bonds. The van der Waals surface area contributed by atoms with Crippen molar-refractivity contribution < 1.29 is 36.6 Å². The van der Waals surface area contributed by atoms with Crippen molar-refractivity contribution in [2.45, 2.75) is 31.3 Å². The highest BCUT2D eigenvalue weighted by molar-refractivity contribution is 7.92. The van der Waals surface area contributed by atoms with Crippen LogP contribution < -0.4 is 14.2 Å². The lowest BCUT2D eigenvalue weighted by Gasteiger charge is -2.14. The van der Waals surface area contributed by atoms with Crippen molar-refractivity contribution in [2.75, 3.05) is 11.3 Å². The van der Waals surface area contributed by atoms with Crippen LogP contribution in [0.4, 0.5) is 14.5 Å². The molecule has 0 fully saturated rings. The molecule has 0 radical (unpaired) electrons. The first-order valence-electron chi connectivity index (χ1n) is 8.21. The highest BCUT2D eigenvalue weighted by atomic mass is 32.2. The number of hydrogen-bond acceptors (Lipinski definition) is 5. The van der Waals surface area contributed by atoms with Crippen LogP contribution in [0.3, 0.4) is 0 Å². The second kappa shape index (κ2) is 9.36. The summed E-state index contributed by atoms with van der Waals surface area (Å²) in [4.78, 5) is 10.4. The minimum atomic E-state index is -4.06. The zero-order valence-electron chi connectivity index (χ0n) is 14.9. The van der Waals surface area contributed by atoms with Gasteiger partial charge in [-0.25, -0.2) is 8.42 Å². The number of aryl methyl sites for hydroxylation is 1. The van der Waals surface area contributed by atoms with Gasteiger partial charge in [-0.15, -0.1) is 0 Å². The summed E-state index contributed by atoms with van der Waals surface area (Å²) in [5.74, 6) is -0.800. The van der Waals surface area contributed by atoms with E-state index in [1.54, 1.807) is 6.92 Å². The molecular weight excluding hydrogens is 396 g/mol. The summed E-state index contributed by atoms with van der Waals surface area (Å²) in [6, 6.07) is 9.58. The monoisotopic (exact) mass is 415 g/mol. The summed E-state index contributed by atoms with van der Waals surface area (Å²) >= 11 is 0. The van der Waals surface area contributed by atoms with E-state index >= 15 is 0 Å². The summed E-state index contributed by atoms with van der Waals surface area (Å²) in [5.41, 5.74) is 0.407. The Balaban J connectivity index is 2.14. The SMILES string of the molecule is Cc1cc(S(=O)(=O)Nc2ccccc2OC(F)F)ccc1OCCCC(=O)O. The van der Waals surface area contributed by atoms with Gasteiger partial charge in [0.25, 0.3) is 10.0 Å². The zero-order valence-corrected chi connectivity index (χ0v) is 15.7. The van der Waals surface area contributed by atoms with Crippen molar-refractivity contribution in [3.05, 3.63) is 48.0 Å². The number of para-hydroxylation sites is 2. The van der Waals surface area contributed by atoms with Gasteiger partial charge in [-0.3, -0.25) is 9.52 Å². The second-order valence-electron chi connectivity index (χ2n) is 5.75. The van der Waals surface area contributed by atoms with Gasteiger partial charge in [0.15, 0.2) is 0 Å². The number of carbonyl (C=O) groups is 1. The van der Waals surface area contributed by atoms with Gasteiger partial charge in [-0.05, 0) is 49.2 Å². The van der Waals surface area contributed by atoms with E-state index in [1.807, 2.05) is 0 Å². The molecule has 0 aliphatic carbocycles. The molecule has 7 nitrogen and oxygen atoms in total. The van der Waals surface area contributed by atoms with Crippen LogP contribution in [0.5, 0.6) is 11.5 Å². The first-order chi connectivity index (χ1) is 13.2. The predicted molar refractivity (Wildman–Crippen MR) is 97.4 cm³/mol. The maximum absolute atomic E-state index is 12.6. The predicted octanol–water partition coefficient (Wildman–Crippen LogP) is 3.64. The Morgan fingerprint density at radius 1 is 1.18 bits per heavy atom. The van der Waals surface area contributed by atoms with E-state index in [-0.39, 0.29) is 29.4 Å². The standard InChI is InChI=1S/C18H19F2NO6S/c1-12-11-13(8-9-15(12)26-10-4-7-17(22)23)28(24,25)21-14-5-2-3-6-16(14)27-18(19)20/h2-3,5-6,8-9,11,18,21H,4,7,10H2,1H3,(H,22,23). The lowest BCUT2D eigenvalue weighted by molar-refractivity contribution is -0.137. The van der Waals surface area contributed by atoms with Crippen molar-refractivity contribution in [2.24, 2.45) is 0 Å². The molecular formula is C18H19F2NO6S. The number of carboxylic acids is 1. The second-order valence-corrected chi connectivity index (χ2v) is 7.44. The number of rotatable bonds is 10. The molecule has 2 aromatic rings. The minimum Gasteiger partial charge on any atom is -0.493 e. The van der Waals surface area contributed by atoms with Crippen molar-refractivity contribution in [1.82, 2.24) is 0 Å². The number of alkyl halides is 2. The van der Waals surface area contributed by atoms with Gasteiger partial charge in [0, 0.05) is 6.42 Å². The number of aliphatic carboxylic acids is 1. The van der Waals surface area contributed by atoms with E-state index in [9.17, 15) is 22.0 Å². The number of sulfonamides is 1. The van der Waals surface area contributed by atoms with Crippen LogP contribution >= 0.6 is 0 Å². The van der Waals surface area contributed by atoms with E-state index < -0.39 is 22.6 Å². The molecule has 28 heavy (non-hydrogen) atoms. The van der Waals surface area contributed by atoms with Crippen LogP contribution in [0.1, 0.15) is 18.4 Å². The Morgan fingerprint density at radius 2 is 1.89 bits per heavy atom. The third-order valence-corrected chi connectivity index (χ3v) is 4.96. The molecule has 0 aliphatic rings. The topological polar surface area (TPSA) is 102 Å². The van der Waals surface area contributed by atoms with Gasteiger partial charge in [0.1, 0.15) is 11.5 Å². The quantitative estimate of drug-likeness (QED) is 0.575. The average Bonchev–Trinajstić information content (AvgIpc) is 2.60. The van der Waals surface area contributed by atoms with Gasteiger partial charge in [-0.2, -0.15) is 8.78 Å². The number of hydrogen-bond donors (Lipinski definition) is 2. The maximum atomic E-state index is 12.6. The highest BCUT2D eigenvalue weighted by Crippen LogP contribution is 2.29. The van der Waals surface area contributed by atoms with Crippen LogP contribution in [0.25, 0.3) is 0 Å². The minimum absolute atomic E-state index is 0.0322. The first-order valence-corrected chi connectivity index (χ1v) is 9.69. The molecule has 2 aromatic carbocycles. The van der Waals surface area contributed by atoms with E-state index in [1.165, 1.54) is 42.5 Å². The molecule has 2 rings (SSSR count). The van der Waals surface area contributed by atoms with Gasteiger partial charge in [-0.1, -0.05) is 12.1 Å². The summed E-state index contributed by atoms with van der Waals surface area (Å²) in [6.07, 6.45) is 0.285. The molecule has 0 aliphatic heterocycles. The van der Waals surface area contributed by atoms with E-state index in [4.69, 9.17) is 9.84 Å². The number of ether oxygens (including phenoxy) is 2.